The van der Waals surface area contributed by atoms with Crippen LogP contribution >= 0.6 is 11.6 Å². The van der Waals surface area contributed by atoms with E-state index in [0.29, 0.717) is 5.75 Å². The average Bonchev–Trinajstić information content (AvgIpc) is 2.17. The Balaban J connectivity index is 3.06. The fourth-order valence-electron chi connectivity index (χ4n) is 1.19. The fraction of sp³-hybridized carbons (Fsp3) is 0.538. The molecule has 1 aromatic carbocycles. The number of benzene rings is 1. The minimum atomic E-state index is -4.39. The van der Waals surface area contributed by atoms with E-state index in [4.69, 9.17) is 16.0 Å². The fourth-order valence-corrected chi connectivity index (χ4v) is 2.51. The Hall–Kier alpha value is -0.683. The normalized spacial score (nSPS) is 13.5. The first-order valence-electron chi connectivity index (χ1n) is 5.90. The van der Waals surface area contributed by atoms with Gasteiger partial charge >= 0.3 is 6.18 Å². The number of hydrogen-bond acceptors (Lipinski definition) is 1. The number of rotatable bonds is 2. The molecule has 0 saturated heterocycles. The van der Waals surface area contributed by atoms with Gasteiger partial charge in [-0.25, -0.2) is 0 Å². The summed E-state index contributed by atoms with van der Waals surface area (Å²) in [5, 5.41) is -0.0430. The van der Waals surface area contributed by atoms with Crippen LogP contribution in [0.1, 0.15) is 26.3 Å². The molecule has 0 aromatic heterocycles. The lowest BCUT2D eigenvalue weighted by atomic mass is 10.2. The number of halogens is 4. The topological polar surface area (TPSA) is 9.23 Å². The van der Waals surface area contributed by atoms with Crippen LogP contribution in [-0.4, -0.2) is 8.32 Å². The van der Waals surface area contributed by atoms with Gasteiger partial charge in [-0.3, -0.25) is 0 Å². The highest BCUT2D eigenvalue weighted by Crippen LogP contribution is 2.40. The lowest BCUT2D eigenvalue weighted by molar-refractivity contribution is -0.137. The molecular formula is C13H18ClF3OSi. The maximum atomic E-state index is 12.5. The molecule has 0 fully saturated rings. The monoisotopic (exact) mass is 310 g/mol. The summed E-state index contributed by atoms with van der Waals surface area (Å²) in [6.07, 6.45) is -4.39. The third-order valence-electron chi connectivity index (χ3n) is 3.43. The van der Waals surface area contributed by atoms with E-state index in [1.807, 2.05) is 13.1 Å². The van der Waals surface area contributed by atoms with Gasteiger partial charge in [0.2, 0.25) is 0 Å². The van der Waals surface area contributed by atoms with Gasteiger partial charge in [0, 0.05) is 0 Å². The summed E-state index contributed by atoms with van der Waals surface area (Å²) in [4.78, 5) is 0. The van der Waals surface area contributed by atoms with Crippen LogP contribution in [0.4, 0.5) is 13.2 Å². The van der Waals surface area contributed by atoms with Gasteiger partial charge < -0.3 is 4.43 Å². The summed E-state index contributed by atoms with van der Waals surface area (Å²) < 4.78 is 43.5. The van der Waals surface area contributed by atoms with Crippen molar-refractivity contribution in [3.63, 3.8) is 0 Å². The Morgan fingerprint density at radius 1 is 1.11 bits per heavy atom. The lowest BCUT2D eigenvalue weighted by Gasteiger charge is -2.36. The highest BCUT2D eigenvalue weighted by molar-refractivity contribution is 6.74. The first-order chi connectivity index (χ1) is 8.34. The van der Waals surface area contributed by atoms with Crippen molar-refractivity contribution in [1.29, 1.82) is 0 Å². The van der Waals surface area contributed by atoms with Gasteiger partial charge in [0.05, 0.1) is 10.6 Å². The van der Waals surface area contributed by atoms with Gasteiger partial charge in [-0.2, -0.15) is 13.2 Å². The number of alkyl halides is 3. The van der Waals surface area contributed by atoms with Crippen molar-refractivity contribution < 1.29 is 17.6 Å². The van der Waals surface area contributed by atoms with Crippen LogP contribution < -0.4 is 4.43 Å². The Bertz CT molecular complexity index is 464. The van der Waals surface area contributed by atoms with Crippen LogP contribution in [0.15, 0.2) is 18.2 Å². The molecule has 1 rings (SSSR count). The largest absolute Gasteiger partial charge is 0.543 e. The SMILES string of the molecule is CC(C)(C)[Si](C)(C)Oc1ccc(C(F)(F)F)cc1Cl. The second kappa shape index (κ2) is 5.02. The summed E-state index contributed by atoms with van der Waals surface area (Å²) in [5.41, 5.74) is -0.764. The summed E-state index contributed by atoms with van der Waals surface area (Å²) in [5.74, 6) is 0.321. The summed E-state index contributed by atoms with van der Waals surface area (Å²) >= 11 is 5.89. The van der Waals surface area contributed by atoms with Gasteiger partial charge in [0.15, 0.2) is 0 Å². The average molecular weight is 311 g/mol. The van der Waals surface area contributed by atoms with Crippen molar-refractivity contribution in [2.45, 2.75) is 45.1 Å². The zero-order chi connectivity index (χ0) is 15.1. The van der Waals surface area contributed by atoms with Crippen molar-refractivity contribution in [3.05, 3.63) is 28.8 Å². The third kappa shape index (κ3) is 3.89. The molecule has 1 nitrogen and oxygen atoms in total. The zero-order valence-corrected chi connectivity index (χ0v) is 13.4. The highest BCUT2D eigenvalue weighted by atomic mass is 35.5. The smallest absolute Gasteiger partial charge is 0.416 e. The molecule has 0 saturated carbocycles. The summed E-state index contributed by atoms with van der Waals surface area (Å²) in [7, 11) is -2.11. The molecule has 0 atom stereocenters. The van der Waals surface area contributed by atoms with Crippen LogP contribution in [0.3, 0.4) is 0 Å². The molecule has 0 aliphatic rings. The Labute approximate surface area is 117 Å². The van der Waals surface area contributed by atoms with E-state index in [9.17, 15) is 13.2 Å². The third-order valence-corrected chi connectivity index (χ3v) is 8.07. The van der Waals surface area contributed by atoms with E-state index in [2.05, 4.69) is 20.8 Å². The van der Waals surface area contributed by atoms with Crippen LogP contribution in [0.25, 0.3) is 0 Å². The maximum absolute atomic E-state index is 12.5. The van der Waals surface area contributed by atoms with Crippen molar-refractivity contribution in [2.24, 2.45) is 0 Å². The van der Waals surface area contributed by atoms with Gasteiger partial charge in [0.25, 0.3) is 8.32 Å². The first-order valence-corrected chi connectivity index (χ1v) is 9.19. The molecule has 19 heavy (non-hydrogen) atoms. The lowest BCUT2D eigenvalue weighted by Crippen LogP contribution is -2.43. The molecule has 0 unspecified atom stereocenters. The van der Waals surface area contributed by atoms with Gasteiger partial charge in [-0.15, -0.1) is 0 Å². The van der Waals surface area contributed by atoms with Crippen molar-refractivity contribution >= 4 is 19.9 Å². The van der Waals surface area contributed by atoms with Crippen LogP contribution in [0.5, 0.6) is 5.75 Å². The van der Waals surface area contributed by atoms with Crippen LogP contribution in [-0.2, 0) is 6.18 Å². The van der Waals surface area contributed by atoms with Gasteiger partial charge in [0.1, 0.15) is 5.75 Å². The molecule has 0 heterocycles. The minimum Gasteiger partial charge on any atom is -0.543 e. The minimum absolute atomic E-state index is 0.000324. The molecule has 108 valence electrons. The molecular weight excluding hydrogens is 293 g/mol. The summed E-state index contributed by atoms with van der Waals surface area (Å²) in [6.45, 7) is 10.2. The predicted octanol–water partition coefficient (Wildman–Crippen LogP) is 5.74. The molecule has 6 heteroatoms. The second-order valence-corrected chi connectivity index (χ2v) is 11.1. The molecule has 0 N–H and O–H groups in total. The zero-order valence-electron chi connectivity index (χ0n) is 11.7. The molecule has 0 aliphatic heterocycles. The Morgan fingerprint density at radius 3 is 2.00 bits per heavy atom. The molecule has 0 amide bonds. The van der Waals surface area contributed by atoms with E-state index in [1.54, 1.807) is 0 Å². The van der Waals surface area contributed by atoms with Crippen molar-refractivity contribution in [1.82, 2.24) is 0 Å². The van der Waals surface area contributed by atoms with E-state index in [-0.39, 0.29) is 10.1 Å². The second-order valence-electron chi connectivity index (χ2n) is 6.01. The van der Waals surface area contributed by atoms with Crippen LogP contribution in [0.2, 0.25) is 23.2 Å². The molecule has 0 bridgehead atoms. The van der Waals surface area contributed by atoms with Gasteiger partial charge in [-0.05, 0) is 36.3 Å². The molecule has 0 spiro atoms. The quantitative estimate of drug-likeness (QED) is 0.633. The summed E-state index contributed by atoms with van der Waals surface area (Å²) in [6, 6.07) is 3.20. The predicted molar refractivity (Wildman–Crippen MR) is 74.3 cm³/mol. The van der Waals surface area contributed by atoms with Crippen LogP contribution in [0, 0.1) is 0 Å². The molecule has 0 radical (unpaired) electrons. The standard InChI is InChI=1S/C13H18ClF3OSi/c1-12(2,3)19(4,5)18-11-7-6-9(8-10(11)14)13(15,16)17/h6-8H,1-5H3. The highest BCUT2D eigenvalue weighted by Gasteiger charge is 2.39. The van der Waals surface area contributed by atoms with E-state index < -0.39 is 20.1 Å². The molecule has 1 aromatic rings. The van der Waals surface area contributed by atoms with Gasteiger partial charge in [-0.1, -0.05) is 32.4 Å². The van der Waals surface area contributed by atoms with E-state index >= 15 is 0 Å². The Morgan fingerprint density at radius 2 is 1.63 bits per heavy atom. The van der Waals surface area contributed by atoms with E-state index in [1.165, 1.54) is 6.07 Å². The van der Waals surface area contributed by atoms with Crippen molar-refractivity contribution in [2.75, 3.05) is 0 Å². The number of hydrogen-bond donors (Lipinski definition) is 0. The van der Waals surface area contributed by atoms with E-state index in [0.717, 1.165) is 12.1 Å². The van der Waals surface area contributed by atoms with Crippen molar-refractivity contribution in [3.8, 4) is 5.75 Å². The maximum Gasteiger partial charge on any atom is 0.416 e. The Kier molecular flexibility index (Phi) is 4.32. The first kappa shape index (κ1) is 16.4. The molecule has 0 aliphatic carbocycles.